The molecule has 0 spiro atoms. The monoisotopic (exact) mass is 403 g/mol. The Morgan fingerprint density at radius 1 is 1.30 bits per heavy atom. The van der Waals surface area contributed by atoms with Crippen molar-refractivity contribution in [1.82, 2.24) is 14.6 Å². The highest BCUT2D eigenvalue weighted by molar-refractivity contribution is 5.97. The molecule has 3 heterocycles. The van der Waals surface area contributed by atoms with Gasteiger partial charge in [0.25, 0.3) is 0 Å². The highest BCUT2D eigenvalue weighted by Gasteiger charge is 2.26. The van der Waals surface area contributed by atoms with Crippen LogP contribution in [0.3, 0.4) is 0 Å². The van der Waals surface area contributed by atoms with Crippen LogP contribution in [-0.4, -0.2) is 40.1 Å². The molecule has 8 nitrogen and oxygen atoms in total. The number of carbonyl (C=O) groups is 2. The number of aromatic nitrogens is 3. The second kappa shape index (κ2) is 7.59. The van der Waals surface area contributed by atoms with Gasteiger partial charge in [-0.3, -0.25) is 4.79 Å². The van der Waals surface area contributed by atoms with Gasteiger partial charge in [-0.15, -0.1) is 0 Å². The van der Waals surface area contributed by atoms with Crippen molar-refractivity contribution in [2.24, 2.45) is 0 Å². The third-order valence-corrected chi connectivity index (χ3v) is 5.62. The first-order valence-corrected chi connectivity index (χ1v) is 9.70. The van der Waals surface area contributed by atoms with Gasteiger partial charge in [0.05, 0.1) is 18.9 Å². The van der Waals surface area contributed by atoms with E-state index in [-0.39, 0.29) is 11.9 Å². The normalized spacial score (nSPS) is 12.7. The molecule has 1 aliphatic rings. The van der Waals surface area contributed by atoms with Crippen LogP contribution in [0.15, 0.2) is 24.4 Å². The second-order valence-corrected chi connectivity index (χ2v) is 7.30. The van der Waals surface area contributed by atoms with Gasteiger partial charge < -0.3 is 9.64 Å². The van der Waals surface area contributed by atoms with Gasteiger partial charge in [-0.1, -0.05) is 0 Å². The molecule has 0 N–H and O–H groups in total. The molecule has 1 aliphatic heterocycles. The number of rotatable bonds is 4. The van der Waals surface area contributed by atoms with Gasteiger partial charge in [0, 0.05) is 30.0 Å². The number of carbonyl (C=O) groups excluding carboxylic acids is 2. The van der Waals surface area contributed by atoms with E-state index in [1.54, 1.807) is 21.5 Å². The molecule has 0 saturated heterocycles. The summed E-state index contributed by atoms with van der Waals surface area (Å²) in [6, 6.07) is 7.39. The van der Waals surface area contributed by atoms with E-state index < -0.39 is 0 Å². The summed E-state index contributed by atoms with van der Waals surface area (Å²) in [5, 5.41) is 13.4. The van der Waals surface area contributed by atoms with E-state index in [2.05, 4.69) is 16.2 Å². The average molecular weight is 403 g/mol. The summed E-state index contributed by atoms with van der Waals surface area (Å²) in [7, 11) is 1.35. The molecule has 0 radical (unpaired) electrons. The zero-order valence-electron chi connectivity index (χ0n) is 17.1. The van der Waals surface area contributed by atoms with E-state index in [0.717, 1.165) is 28.2 Å². The first kappa shape index (κ1) is 19.6. The van der Waals surface area contributed by atoms with Crippen LogP contribution < -0.4 is 4.90 Å². The molecule has 30 heavy (non-hydrogen) atoms. The fourth-order valence-corrected chi connectivity index (χ4v) is 4.02. The number of aryl methyl sites for hydroxylation is 2. The Labute approximate surface area is 173 Å². The van der Waals surface area contributed by atoms with Gasteiger partial charge in [-0.05, 0) is 56.0 Å². The summed E-state index contributed by atoms with van der Waals surface area (Å²) in [4.78, 5) is 31.0. The van der Waals surface area contributed by atoms with Crippen LogP contribution in [0.25, 0.3) is 5.65 Å². The third-order valence-electron chi connectivity index (χ3n) is 5.62. The van der Waals surface area contributed by atoms with Crippen LogP contribution >= 0.6 is 0 Å². The van der Waals surface area contributed by atoms with Crippen LogP contribution in [0.1, 0.15) is 44.9 Å². The number of anilines is 1. The molecule has 0 atom stereocenters. The van der Waals surface area contributed by atoms with Crippen molar-refractivity contribution in [3.63, 3.8) is 0 Å². The van der Waals surface area contributed by atoms with Gasteiger partial charge in [0.15, 0.2) is 5.65 Å². The minimum atomic E-state index is -0.380. The quantitative estimate of drug-likeness (QED) is 0.621. The van der Waals surface area contributed by atoms with E-state index in [4.69, 9.17) is 4.74 Å². The smallest absolute Gasteiger partial charge is 0.337 e. The van der Waals surface area contributed by atoms with Crippen LogP contribution in [0.5, 0.6) is 0 Å². The lowest BCUT2D eigenvalue weighted by atomic mass is 10.1. The zero-order valence-corrected chi connectivity index (χ0v) is 17.1. The van der Waals surface area contributed by atoms with E-state index in [9.17, 15) is 14.9 Å². The molecule has 1 amide bonds. The van der Waals surface area contributed by atoms with Crippen molar-refractivity contribution in [3.8, 4) is 6.07 Å². The van der Waals surface area contributed by atoms with Crippen LogP contribution in [0.2, 0.25) is 0 Å². The molecule has 152 valence electrons. The number of esters is 1. The largest absolute Gasteiger partial charge is 0.465 e. The predicted octanol–water partition coefficient (Wildman–Crippen LogP) is 2.53. The maximum absolute atomic E-state index is 12.9. The Hall–Kier alpha value is -3.73. The minimum absolute atomic E-state index is 0.0247. The highest BCUT2D eigenvalue weighted by Crippen LogP contribution is 2.30. The molecule has 0 fully saturated rings. The van der Waals surface area contributed by atoms with E-state index in [1.807, 2.05) is 19.9 Å². The Balaban J connectivity index is 1.53. The van der Waals surface area contributed by atoms with Gasteiger partial charge in [-0.2, -0.15) is 10.4 Å². The minimum Gasteiger partial charge on any atom is -0.465 e. The van der Waals surface area contributed by atoms with Crippen LogP contribution in [0, 0.1) is 25.2 Å². The maximum Gasteiger partial charge on any atom is 0.337 e. The summed E-state index contributed by atoms with van der Waals surface area (Å²) < 4.78 is 6.43. The van der Waals surface area contributed by atoms with Gasteiger partial charge >= 0.3 is 5.97 Å². The Morgan fingerprint density at radius 2 is 2.10 bits per heavy atom. The average Bonchev–Trinajstić information content (AvgIpc) is 3.36. The standard InChI is InChI=1S/C22H21N5O3/c1-13-18(14(2)27-21(25-13)17(11-23)12-24-27)5-7-20(28)26-9-8-15-10-16(22(29)30-3)4-6-19(15)26/h4,6,10,12H,5,7-9H2,1-3H3. The van der Waals surface area contributed by atoms with Crippen LogP contribution in [-0.2, 0) is 22.4 Å². The number of methoxy groups -OCH3 is 1. The topological polar surface area (TPSA) is 101 Å². The molecule has 3 aromatic rings. The predicted molar refractivity (Wildman–Crippen MR) is 109 cm³/mol. The van der Waals surface area contributed by atoms with E-state index >= 15 is 0 Å². The zero-order chi connectivity index (χ0) is 21.4. The molecule has 0 bridgehead atoms. The fraction of sp³-hybridized carbons (Fsp3) is 0.318. The van der Waals surface area contributed by atoms with Crippen molar-refractivity contribution in [3.05, 3.63) is 58.0 Å². The van der Waals surface area contributed by atoms with Crippen molar-refractivity contribution in [2.45, 2.75) is 33.1 Å². The number of amides is 1. The third kappa shape index (κ3) is 3.18. The van der Waals surface area contributed by atoms with Crippen LogP contribution in [0.4, 0.5) is 5.69 Å². The van der Waals surface area contributed by atoms with Gasteiger partial charge in [0.2, 0.25) is 5.91 Å². The molecule has 4 rings (SSSR count). The molecule has 0 saturated carbocycles. The Morgan fingerprint density at radius 3 is 2.83 bits per heavy atom. The van der Waals surface area contributed by atoms with Gasteiger partial charge in [-0.25, -0.2) is 14.3 Å². The maximum atomic E-state index is 12.9. The van der Waals surface area contributed by atoms with Gasteiger partial charge in [0.1, 0.15) is 11.6 Å². The summed E-state index contributed by atoms with van der Waals surface area (Å²) in [5.74, 6) is -0.355. The first-order valence-electron chi connectivity index (χ1n) is 9.70. The van der Waals surface area contributed by atoms with Crippen molar-refractivity contribution in [1.29, 1.82) is 5.26 Å². The van der Waals surface area contributed by atoms with Crippen molar-refractivity contribution >= 4 is 23.2 Å². The molecule has 0 unspecified atom stereocenters. The number of hydrogen-bond acceptors (Lipinski definition) is 6. The molecular formula is C22H21N5O3. The number of hydrogen-bond donors (Lipinski definition) is 0. The molecular weight excluding hydrogens is 382 g/mol. The number of fused-ring (bicyclic) bond motifs is 2. The lowest BCUT2D eigenvalue weighted by Gasteiger charge is -2.18. The molecule has 1 aromatic carbocycles. The number of nitriles is 1. The molecule has 8 heteroatoms. The van der Waals surface area contributed by atoms with Crippen molar-refractivity contribution in [2.75, 3.05) is 18.6 Å². The lowest BCUT2D eigenvalue weighted by molar-refractivity contribution is -0.118. The Bertz CT molecular complexity index is 1220. The highest BCUT2D eigenvalue weighted by atomic mass is 16.5. The lowest BCUT2D eigenvalue weighted by Crippen LogP contribution is -2.29. The number of benzene rings is 1. The SMILES string of the molecule is COC(=O)c1ccc2c(c1)CCN2C(=O)CCc1c(C)nc2c(C#N)cnn2c1C. The summed E-state index contributed by atoms with van der Waals surface area (Å²) >= 11 is 0. The Kier molecular flexibility index (Phi) is 4.96. The fourth-order valence-electron chi connectivity index (χ4n) is 4.02. The summed E-state index contributed by atoms with van der Waals surface area (Å²) in [6.07, 6.45) is 3.09. The second-order valence-electron chi connectivity index (χ2n) is 7.30. The number of nitrogens with zero attached hydrogens (tertiary/aromatic N) is 5. The molecule has 2 aromatic heterocycles. The molecule has 0 aliphatic carbocycles. The van der Waals surface area contributed by atoms with E-state index in [0.29, 0.717) is 42.6 Å². The van der Waals surface area contributed by atoms with Crippen molar-refractivity contribution < 1.29 is 14.3 Å². The first-order chi connectivity index (χ1) is 14.4. The summed E-state index contributed by atoms with van der Waals surface area (Å²) in [6.45, 7) is 4.41. The van der Waals surface area contributed by atoms with E-state index in [1.165, 1.54) is 13.3 Å². The summed E-state index contributed by atoms with van der Waals surface area (Å²) in [5.41, 5.74) is 5.94. The number of ether oxygens (including phenoxy) is 1.